The van der Waals surface area contributed by atoms with Crippen LogP contribution in [0.25, 0.3) is 0 Å². The Morgan fingerprint density at radius 2 is 1.65 bits per heavy atom. The lowest BCUT2D eigenvalue weighted by molar-refractivity contribution is -0.917. The molecule has 0 radical (unpaired) electrons. The van der Waals surface area contributed by atoms with Crippen molar-refractivity contribution in [2.24, 2.45) is 0 Å². The van der Waals surface area contributed by atoms with Gasteiger partial charge in [0.15, 0.2) is 6.54 Å². The highest BCUT2D eigenvalue weighted by Crippen LogP contribution is 2.16. The number of carbonyl (C=O) groups excluding carboxylic acids is 1. The van der Waals surface area contributed by atoms with Crippen LogP contribution in [0.1, 0.15) is 19.3 Å². The molecule has 20 heavy (non-hydrogen) atoms. The number of ether oxygens (including phenoxy) is 2. The zero-order chi connectivity index (χ0) is 14.5. The Morgan fingerprint density at radius 3 is 2.30 bits per heavy atom. The fraction of sp³-hybridized carbons (Fsp3) is 0.933. The summed E-state index contributed by atoms with van der Waals surface area (Å²) in [5.41, 5.74) is 0. The number of piperidine rings is 1. The zero-order valence-electron chi connectivity index (χ0n) is 13.1. The van der Waals surface area contributed by atoms with Gasteiger partial charge in [0.2, 0.25) is 0 Å². The summed E-state index contributed by atoms with van der Waals surface area (Å²) >= 11 is 0. The summed E-state index contributed by atoms with van der Waals surface area (Å²) in [5, 5.41) is 0. The third kappa shape index (κ3) is 4.72. The van der Waals surface area contributed by atoms with Gasteiger partial charge in [-0.2, -0.15) is 0 Å². The van der Waals surface area contributed by atoms with E-state index in [2.05, 4.69) is 14.1 Å². The second-order valence-electron chi connectivity index (χ2n) is 6.91. The summed E-state index contributed by atoms with van der Waals surface area (Å²) in [4.78, 5) is 12.0. The summed E-state index contributed by atoms with van der Waals surface area (Å²) < 4.78 is 12.7. The smallest absolute Gasteiger partial charge is 0.361 e. The Morgan fingerprint density at radius 1 is 1.00 bits per heavy atom. The van der Waals surface area contributed by atoms with E-state index in [1.807, 2.05) is 0 Å². The van der Waals surface area contributed by atoms with Crippen molar-refractivity contribution in [2.45, 2.75) is 19.3 Å². The van der Waals surface area contributed by atoms with Gasteiger partial charge in [-0.05, 0) is 19.3 Å². The van der Waals surface area contributed by atoms with E-state index >= 15 is 0 Å². The largest absolute Gasteiger partial charge is 0.456 e. The van der Waals surface area contributed by atoms with Gasteiger partial charge in [0, 0.05) is 0 Å². The first-order valence-corrected chi connectivity index (χ1v) is 7.92. The highest BCUT2D eigenvalue weighted by atomic mass is 16.5. The Bertz CT molecular complexity index is 321. The molecule has 0 aliphatic carbocycles. The number of morpholine rings is 1. The van der Waals surface area contributed by atoms with Gasteiger partial charge in [0.25, 0.3) is 0 Å². The summed E-state index contributed by atoms with van der Waals surface area (Å²) in [5.74, 6) is -0.0331. The SMILES string of the molecule is C[N+]1(CCOC(=O)C[N+]2(C)CCCCC2)CCOCC1. The van der Waals surface area contributed by atoms with Crippen molar-refractivity contribution in [3.05, 3.63) is 0 Å². The monoisotopic (exact) mass is 286 g/mol. The number of likely N-dealkylation sites (N-methyl/N-ethyl adjacent to an activating group) is 2. The van der Waals surface area contributed by atoms with E-state index in [1.54, 1.807) is 0 Å². The molecule has 5 heteroatoms. The zero-order valence-corrected chi connectivity index (χ0v) is 13.1. The molecule has 0 aromatic heterocycles. The second kappa shape index (κ2) is 6.87. The van der Waals surface area contributed by atoms with Crippen LogP contribution in [-0.4, -0.2) is 88.1 Å². The molecule has 0 unspecified atom stereocenters. The number of rotatable bonds is 5. The fourth-order valence-corrected chi connectivity index (χ4v) is 3.18. The number of quaternary nitrogens is 2. The summed E-state index contributed by atoms with van der Waals surface area (Å²) in [7, 11) is 4.39. The highest BCUT2D eigenvalue weighted by Gasteiger charge is 2.29. The molecule has 0 aromatic carbocycles. The van der Waals surface area contributed by atoms with Gasteiger partial charge in [-0.1, -0.05) is 0 Å². The normalized spacial score (nSPS) is 25.1. The maximum Gasteiger partial charge on any atom is 0.361 e. The molecular weight excluding hydrogens is 256 g/mol. The van der Waals surface area contributed by atoms with Crippen LogP contribution < -0.4 is 0 Å². The van der Waals surface area contributed by atoms with E-state index in [9.17, 15) is 4.79 Å². The van der Waals surface area contributed by atoms with E-state index in [0.29, 0.717) is 13.2 Å². The van der Waals surface area contributed by atoms with Gasteiger partial charge in [-0.3, -0.25) is 0 Å². The molecule has 0 atom stereocenters. The van der Waals surface area contributed by atoms with Crippen LogP contribution in [-0.2, 0) is 14.3 Å². The Kier molecular flexibility index (Phi) is 5.41. The first-order chi connectivity index (χ1) is 9.52. The van der Waals surface area contributed by atoms with E-state index in [0.717, 1.165) is 54.9 Å². The second-order valence-corrected chi connectivity index (χ2v) is 6.91. The lowest BCUT2D eigenvalue weighted by Gasteiger charge is -2.38. The number of likely N-dealkylation sites (tertiary alicyclic amines) is 1. The fourth-order valence-electron chi connectivity index (χ4n) is 3.18. The van der Waals surface area contributed by atoms with Crippen molar-refractivity contribution in [1.29, 1.82) is 0 Å². The Labute approximate surface area is 122 Å². The van der Waals surface area contributed by atoms with Gasteiger partial charge in [-0.15, -0.1) is 0 Å². The molecule has 0 amide bonds. The van der Waals surface area contributed by atoms with Gasteiger partial charge in [-0.25, -0.2) is 4.79 Å². The predicted octanol–water partition coefficient (Wildman–Crippen LogP) is 0.637. The maximum absolute atomic E-state index is 12.0. The summed E-state index contributed by atoms with van der Waals surface area (Å²) in [6, 6.07) is 0. The number of nitrogens with zero attached hydrogens (tertiary/aromatic N) is 2. The van der Waals surface area contributed by atoms with Gasteiger partial charge in [0.05, 0.1) is 40.4 Å². The predicted molar refractivity (Wildman–Crippen MR) is 77.2 cm³/mol. The number of hydrogen-bond acceptors (Lipinski definition) is 3. The van der Waals surface area contributed by atoms with Gasteiger partial charge in [0.1, 0.15) is 26.2 Å². The van der Waals surface area contributed by atoms with Crippen molar-refractivity contribution >= 4 is 5.97 Å². The van der Waals surface area contributed by atoms with Crippen LogP contribution in [0.15, 0.2) is 0 Å². The minimum atomic E-state index is -0.0331. The minimum Gasteiger partial charge on any atom is -0.456 e. The van der Waals surface area contributed by atoms with Crippen molar-refractivity contribution in [3.8, 4) is 0 Å². The molecule has 2 saturated heterocycles. The average molecular weight is 286 g/mol. The van der Waals surface area contributed by atoms with Crippen LogP contribution in [0, 0.1) is 0 Å². The van der Waals surface area contributed by atoms with Gasteiger partial charge >= 0.3 is 5.97 Å². The molecule has 0 bridgehead atoms. The van der Waals surface area contributed by atoms with E-state index in [4.69, 9.17) is 9.47 Å². The summed E-state index contributed by atoms with van der Waals surface area (Å²) in [6.45, 7) is 7.87. The van der Waals surface area contributed by atoms with Crippen LogP contribution in [0.4, 0.5) is 0 Å². The molecule has 2 heterocycles. The van der Waals surface area contributed by atoms with E-state index < -0.39 is 0 Å². The molecule has 0 saturated carbocycles. The molecule has 0 spiro atoms. The Balaban J connectivity index is 1.67. The van der Waals surface area contributed by atoms with Crippen LogP contribution >= 0.6 is 0 Å². The van der Waals surface area contributed by atoms with Crippen molar-refractivity contribution in [1.82, 2.24) is 0 Å². The quantitative estimate of drug-likeness (QED) is 0.549. The maximum atomic E-state index is 12.0. The molecule has 0 N–H and O–H groups in total. The highest BCUT2D eigenvalue weighted by molar-refractivity contribution is 5.70. The number of esters is 1. The molecule has 116 valence electrons. The van der Waals surface area contributed by atoms with Crippen LogP contribution in [0.5, 0.6) is 0 Å². The molecular formula is C15H30N2O3+2. The van der Waals surface area contributed by atoms with Crippen molar-refractivity contribution in [3.63, 3.8) is 0 Å². The molecule has 2 aliphatic rings. The number of carbonyl (C=O) groups is 1. The van der Waals surface area contributed by atoms with E-state index in [1.165, 1.54) is 19.3 Å². The lowest BCUT2D eigenvalue weighted by Crippen LogP contribution is -2.54. The van der Waals surface area contributed by atoms with Crippen LogP contribution in [0.3, 0.4) is 0 Å². The van der Waals surface area contributed by atoms with E-state index in [-0.39, 0.29) is 5.97 Å². The third-order valence-electron chi connectivity index (χ3n) is 4.85. The first kappa shape index (κ1) is 15.7. The summed E-state index contributed by atoms with van der Waals surface area (Å²) in [6.07, 6.45) is 3.78. The standard InChI is InChI=1S/C15H30N2O3/c1-16(8-11-19-12-9-16)10-13-20-15(18)14-17(2)6-4-3-5-7-17/h3-14H2,1-2H3/q+2. The topological polar surface area (TPSA) is 35.5 Å². The van der Waals surface area contributed by atoms with Crippen molar-refractivity contribution in [2.75, 3.05) is 73.2 Å². The average Bonchev–Trinajstić information content (AvgIpc) is 2.39. The first-order valence-electron chi connectivity index (χ1n) is 7.92. The minimum absolute atomic E-state index is 0.0331. The lowest BCUT2D eigenvalue weighted by atomic mass is 10.1. The molecule has 2 rings (SSSR count). The molecule has 0 aromatic rings. The van der Waals surface area contributed by atoms with Crippen LogP contribution in [0.2, 0.25) is 0 Å². The molecule has 2 aliphatic heterocycles. The Hall–Kier alpha value is -0.650. The van der Waals surface area contributed by atoms with Gasteiger partial charge < -0.3 is 18.4 Å². The molecule has 5 nitrogen and oxygen atoms in total. The number of hydrogen-bond donors (Lipinski definition) is 0. The molecule has 2 fully saturated rings. The van der Waals surface area contributed by atoms with Crippen molar-refractivity contribution < 1.29 is 23.2 Å². The third-order valence-corrected chi connectivity index (χ3v) is 4.85.